The van der Waals surface area contributed by atoms with Crippen LogP contribution in [-0.4, -0.2) is 22.6 Å². The number of carbonyl (C=O) groups is 1. The van der Waals surface area contributed by atoms with Gasteiger partial charge < -0.3 is 14.6 Å². The van der Waals surface area contributed by atoms with Crippen molar-refractivity contribution >= 4 is 11.6 Å². The summed E-state index contributed by atoms with van der Waals surface area (Å²) in [5, 5.41) is 3.26. The van der Waals surface area contributed by atoms with Crippen LogP contribution >= 0.6 is 0 Å². The summed E-state index contributed by atoms with van der Waals surface area (Å²) in [5.41, 5.74) is 4.18. The van der Waals surface area contributed by atoms with Crippen LogP contribution in [0.25, 0.3) is 0 Å². The molecular weight excluding hydrogens is 422 g/mol. The Morgan fingerprint density at radius 3 is 2.62 bits per heavy atom. The predicted molar refractivity (Wildman–Crippen MR) is 140 cm³/mol. The van der Waals surface area contributed by atoms with Gasteiger partial charge in [-0.1, -0.05) is 77.3 Å². The van der Waals surface area contributed by atoms with Gasteiger partial charge in [-0.15, -0.1) is 0 Å². The third-order valence-electron chi connectivity index (χ3n) is 6.26. The van der Waals surface area contributed by atoms with E-state index in [2.05, 4.69) is 62.3 Å². The molecule has 3 aromatic rings. The molecule has 0 aliphatic carbocycles. The third-order valence-corrected chi connectivity index (χ3v) is 6.26. The van der Waals surface area contributed by atoms with Gasteiger partial charge in [0, 0.05) is 31.0 Å². The molecule has 34 heavy (non-hydrogen) atoms. The molecule has 0 aliphatic heterocycles. The summed E-state index contributed by atoms with van der Waals surface area (Å²) in [6.07, 6.45) is 10.4. The molecule has 0 aliphatic rings. The van der Waals surface area contributed by atoms with E-state index in [-0.39, 0.29) is 17.2 Å². The van der Waals surface area contributed by atoms with Gasteiger partial charge in [-0.25, -0.2) is 4.98 Å². The van der Waals surface area contributed by atoms with Crippen molar-refractivity contribution in [1.29, 1.82) is 0 Å². The highest BCUT2D eigenvalue weighted by atomic mass is 16.5. The number of para-hydroxylation sites is 1. The largest absolute Gasteiger partial charge is 0.496 e. The lowest BCUT2D eigenvalue weighted by Crippen LogP contribution is -2.21. The van der Waals surface area contributed by atoms with E-state index < -0.39 is 0 Å². The Hall–Kier alpha value is -3.08. The number of methoxy groups -OCH3 is 1. The average molecular weight is 462 g/mol. The molecule has 3 rings (SSSR count). The van der Waals surface area contributed by atoms with Crippen LogP contribution in [0.1, 0.15) is 82.4 Å². The Labute approximate surface area is 204 Å². The molecular formula is C29H39N3O2. The number of nitrogens with zero attached hydrogens (tertiary/aromatic N) is 2. The van der Waals surface area contributed by atoms with Crippen molar-refractivity contribution in [3.63, 3.8) is 0 Å². The van der Waals surface area contributed by atoms with E-state index in [1.165, 1.54) is 0 Å². The van der Waals surface area contributed by atoms with E-state index in [1.54, 1.807) is 13.3 Å². The number of unbranched alkanes of at least 4 members (excludes halogenated alkanes) is 2. The third kappa shape index (κ3) is 6.96. The zero-order valence-corrected chi connectivity index (χ0v) is 21.3. The number of nitrogens with one attached hydrogen (secondary N) is 1. The molecule has 1 unspecified atom stereocenters. The standard InChI is InChI=1S/C29H39N3O2/c1-6-7-8-11-23(24-12-9-10-13-27(24)34-5)19-28(33)31-26-18-22(20-32-17-16-30-21-32)14-15-25(26)29(2,3)4/h9-10,12-18,21,23H,6-8,11,19-20H2,1-5H3,(H,31,33). The summed E-state index contributed by atoms with van der Waals surface area (Å²) in [7, 11) is 1.70. The highest BCUT2D eigenvalue weighted by Gasteiger charge is 2.23. The molecule has 0 saturated carbocycles. The minimum absolute atomic E-state index is 0.0395. The number of imidazole rings is 1. The van der Waals surface area contributed by atoms with Gasteiger partial charge in [-0.05, 0) is 46.6 Å². The molecule has 1 amide bonds. The van der Waals surface area contributed by atoms with Gasteiger partial charge in [0.2, 0.25) is 5.91 Å². The fourth-order valence-electron chi connectivity index (χ4n) is 4.48. The molecule has 1 aromatic heterocycles. The van der Waals surface area contributed by atoms with Crippen molar-refractivity contribution < 1.29 is 9.53 Å². The monoisotopic (exact) mass is 461 g/mol. The topological polar surface area (TPSA) is 56.2 Å². The Morgan fingerprint density at radius 1 is 1.15 bits per heavy atom. The second-order valence-electron chi connectivity index (χ2n) is 10.1. The summed E-state index contributed by atoms with van der Waals surface area (Å²) >= 11 is 0. The van der Waals surface area contributed by atoms with Gasteiger partial charge in [0.15, 0.2) is 0 Å². The van der Waals surface area contributed by atoms with E-state index in [0.29, 0.717) is 13.0 Å². The summed E-state index contributed by atoms with van der Waals surface area (Å²) in [6, 6.07) is 14.5. The molecule has 1 atom stereocenters. The van der Waals surface area contributed by atoms with Crippen LogP contribution in [0, 0.1) is 0 Å². The van der Waals surface area contributed by atoms with E-state index in [9.17, 15) is 4.79 Å². The first-order valence-corrected chi connectivity index (χ1v) is 12.3. The Balaban J connectivity index is 1.83. The van der Waals surface area contributed by atoms with Crippen LogP contribution in [-0.2, 0) is 16.8 Å². The quantitative estimate of drug-likeness (QED) is 0.315. The van der Waals surface area contributed by atoms with Crippen LogP contribution in [0.2, 0.25) is 0 Å². The van der Waals surface area contributed by atoms with Crippen LogP contribution in [0.4, 0.5) is 5.69 Å². The van der Waals surface area contributed by atoms with Gasteiger partial charge in [0.05, 0.1) is 13.4 Å². The first-order chi connectivity index (χ1) is 16.3. The van der Waals surface area contributed by atoms with E-state index in [1.807, 2.05) is 35.3 Å². The summed E-state index contributed by atoms with van der Waals surface area (Å²) in [4.78, 5) is 17.5. The van der Waals surface area contributed by atoms with Crippen LogP contribution in [0.3, 0.4) is 0 Å². The first-order valence-electron chi connectivity index (χ1n) is 12.3. The SMILES string of the molecule is CCCCCC(CC(=O)Nc1cc(Cn2ccnc2)ccc1C(C)(C)C)c1ccccc1OC. The van der Waals surface area contributed by atoms with Crippen LogP contribution in [0.15, 0.2) is 61.2 Å². The summed E-state index contributed by atoms with van der Waals surface area (Å²) < 4.78 is 7.65. The van der Waals surface area contributed by atoms with E-state index >= 15 is 0 Å². The molecule has 182 valence electrons. The lowest BCUT2D eigenvalue weighted by Gasteiger charge is -2.25. The Bertz CT molecular complexity index is 1050. The number of rotatable bonds is 11. The van der Waals surface area contributed by atoms with E-state index in [0.717, 1.165) is 53.8 Å². The predicted octanol–water partition coefficient (Wildman–Crippen LogP) is 6.93. The highest BCUT2D eigenvalue weighted by Crippen LogP contribution is 2.35. The number of hydrogen-bond acceptors (Lipinski definition) is 3. The lowest BCUT2D eigenvalue weighted by atomic mass is 9.85. The molecule has 0 radical (unpaired) electrons. The first kappa shape index (κ1) is 25.5. The smallest absolute Gasteiger partial charge is 0.224 e. The zero-order valence-electron chi connectivity index (χ0n) is 21.3. The molecule has 0 bridgehead atoms. The number of benzene rings is 2. The van der Waals surface area contributed by atoms with Gasteiger partial charge in [0.25, 0.3) is 0 Å². The Morgan fingerprint density at radius 2 is 1.94 bits per heavy atom. The second-order valence-corrected chi connectivity index (χ2v) is 10.1. The maximum atomic E-state index is 13.4. The summed E-state index contributed by atoms with van der Waals surface area (Å²) in [6.45, 7) is 9.45. The number of anilines is 1. The van der Waals surface area contributed by atoms with Crippen molar-refractivity contribution in [2.75, 3.05) is 12.4 Å². The number of amides is 1. The zero-order chi connectivity index (χ0) is 24.6. The maximum Gasteiger partial charge on any atom is 0.224 e. The minimum Gasteiger partial charge on any atom is -0.496 e. The van der Waals surface area contributed by atoms with Crippen LogP contribution < -0.4 is 10.1 Å². The maximum absolute atomic E-state index is 13.4. The Kier molecular flexibility index (Phi) is 8.91. The summed E-state index contributed by atoms with van der Waals surface area (Å²) in [5.74, 6) is 1.02. The normalized spacial score (nSPS) is 12.4. The fourth-order valence-corrected chi connectivity index (χ4v) is 4.48. The number of hydrogen-bond donors (Lipinski definition) is 1. The number of ether oxygens (including phenoxy) is 1. The van der Waals surface area contributed by atoms with Crippen molar-refractivity contribution in [1.82, 2.24) is 9.55 Å². The molecule has 1 heterocycles. The number of aromatic nitrogens is 2. The molecule has 2 aromatic carbocycles. The second kappa shape index (κ2) is 11.9. The average Bonchev–Trinajstić information content (AvgIpc) is 3.31. The van der Waals surface area contributed by atoms with Crippen molar-refractivity contribution in [3.05, 3.63) is 77.9 Å². The van der Waals surface area contributed by atoms with Crippen molar-refractivity contribution in [2.24, 2.45) is 0 Å². The highest BCUT2D eigenvalue weighted by molar-refractivity contribution is 5.92. The number of carbonyl (C=O) groups excluding carboxylic acids is 1. The lowest BCUT2D eigenvalue weighted by molar-refractivity contribution is -0.116. The molecule has 5 heteroatoms. The van der Waals surface area contributed by atoms with Gasteiger partial charge >= 0.3 is 0 Å². The molecule has 1 N–H and O–H groups in total. The van der Waals surface area contributed by atoms with Crippen LogP contribution in [0.5, 0.6) is 5.75 Å². The van der Waals surface area contributed by atoms with Gasteiger partial charge in [-0.2, -0.15) is 0 Å². The minimum atomic E-state index is -0.0840. The molecule has 0 saturated heterocycles. The fraction of sp³-hybridized carbons (Fsp3) is 0.448. The van der Waals surface area contributed by atoms with Crippen molar-refractivity contribution in [3.8, 4) is 5.75 Å². The molecule has 0 spiro atoms. The van der Waals surface area contributed by atoms with E-state index in [4.69, 9.17) is 4.74 Å². The molecule has 0 fully saturated rings. The van der Waals surface area contributed by atoms with Gasteiger partial charge in [-0.3, -0.25) is 4.79 Å². The van der Waals surface area contributed by atoms with Crippen molar-refractivity contribution in [2.45, 2.75) is 77.7 Å². The van der Waals surface area contributed by atoms with Gasteiger partial charge in [0.1, 0.15) is 5.75 Å². The molecule has 5 nitrogen and oxygen atoms in total.